The highest BCUT2D eigenvalue weighted by molar-refractivity contribution is 5.95. The number of allylic oxidation sites excluding steroid dienone is 1. The first-order valence-corrected chi connectivity index (χ1v) is 12.2. The molecule has 2 aliphatic rings. The Morgan fingerprint density at radius 3 is 2.66 bits per heavy atom. The van der Waals surface area contributed by atoms with E-state index in [0.29, 0.717) is 18.4 Å². The summed E-state index contributed by atoms with van der Waals surface area (Å²) in [6, 6.07) is 16.5. The molecule has 2 N–H and O–H groups in total. The molecule has 3 atom stereocenters. The van der Waals surface area contributed by atoms with Crippen molar-refractivity contribution in [2.75, 3.05) is 19.7 Å². The highest BCUT2D eigenvalue weighted by Crippen LogP contribution is 2.47. The maximum Gasteiger partial charge on any atom is 0.166 e. The summed E-state index contributed by atoms with van der Waals surface area (Å²) in [6.07, 6.45) is 2.53. The third kappa shape index (κ3) is 4.84. The summed E-state index contributed by atoms with van der Waals surface area (Å²) in [5.74, 6) is 2.53. The number of likely N-dealkylation sites (tertiary alicyclic amines) is 1. The van der Waals surface area contributed by atoms with Gasteiger partial charge in [0.1, 0.15) is 29.6 Å². The molecule has 0 aliphatic carbocycles. The maximum atomic E-state index is 10.1. The molecular weight excluding hydrogens is 440 g/mol. The molecule has 2 aliphatic heterocycles. The smallest absolute Gasteiger partial charge is 0.166 e. The Hall–Kier alpha value is -3.51. The fraction of sp³-hybridized carbons (Fsp3) is 0.345. The van der Waals surface area contributed by atoms with Gasteiger partial charge in [-0.25, -0.2) is 0 Å². The van der Waals surface area contributed by atoms with Crippen molar-refractivity contribution in [1.29, 1.82) is 0 Å². The van der Waals surface area contributed by atoms with E-state index in [9.17, 15) is 10.2 Å². The molecular formula is C29H32N2O4. The molecule has 0 radical (unpaired) electrons. The molecule has 0 saturated carbocycles. The van der Waals surface area contributed by atoms with Gasteiger partial charge in [-0.2, -0.15) is 0 Å². The molecule has 6 heteroatoms. The van der Waals surface area contributed by atoms with Crippen LogP contribution in [0, 0.1) is 5.92 Å². The van der Waals surface area contributed by atoms with E-state index >= 15 is 0 Å². The minimum Gasteiger partial charge on any atom is -0.508 e. The lowest BCUT2D eigenvalue weighted by Crippen LogP contribution is -2.35. The minimum absolute atomic E-state index is 0.178. The van der Waals surface area contributed by atoms with E-state index in [-0.39, 0.29) is 11.5 Å². The predicted molar refractivity (Wildman–Crippen MR) is 137 cm³/mol. The number of rotatable bonds is 6. The van der Waals surface area contributed by atoms with Crippen LogP contribution in [0.4, 0.5) is 0 Å². The second-order valence-electron chi connectivity index (χ2n) is 9.73. The van der Waals surface area contributed by atoms with Gasteiger partial charge in [0.05, 0.1) is 11.9 Å². The number of aromatic nitrogens is 1. The zero-order chi connectivity index (χ0) is 24.5. The number of hydrogen-bond donors (Lipinski definition) is 2. The molecule has 0 bridgehead atoms. The topological polar surface area (TPSA) is 75.1 Å². The number of aromatic hydroxyl groups is 2. The van der Waals surface area contributed by atoms with Crippen LogP contribution in [0.15, 0.2) is 60.8 Å². The van der Waals surface area contributed by atoms with Gasteiger partial charge < -0.3 is 19.7 Å². The summed E-state index contributed by atoms with van der Waals surface area (Å²) in [6.45, 7) is 9.39. The molecule has 6 nitrogen and oxygen atoms in total. The number of phenolic OH excluding ortho intramolecular Hbond substituents is 2. The summed E-state index contributed by atoms with van der Waals surface area (Å²) >= 11 is 0. The quantitative estimate of drug-likeness (QED) is 0.482. The molecule has 3 aromatic rings. The second kappa shape index (κ2) is 9.62. The molecule has 2 aromatic carbocycles. The van der Waals surface area contributed by atoms with E-state index < -0.39 is 6.10 Å². The lowest BCUT2D eigenvalue weighted by atomic mass is 9.87. The number of phenols is 2. The highest BCUT2D eigenvalue weighted by Gasteiger charge is 2.31. The Labute approximate surface area is 206 Å². The lowest BCUT2D eigenvalue weighted by molar-refractivity contribution is 0.168. The lowest BCUT2D eigenvalue weighted by Gasteiger charge is -2.30. The van der Waals surface area contributed by atoms with Gasteiger partial charge in [-0.3, -0.25) is 9.88 Å². The Bertz CT molecular complexity index is 1240. The first kappa shape index (κ1) is 23.2. The fourth-order valence-corrected chi connectivity index (χ4v) is 5.01. The Morgan fingerprint density at radius 1 is 1.11 bits per heavy atom. The van der Waals surface area contributed by atoms with Gasteiger partial charge >= 0.3 is 0 Å². The van der Waals surface area contributed by atoms with Gasteiger partial charge in [-0.05, 0) is 86.3 Å². The summed E-state index contributed by atoms with van der Waals surface area (Å²) in [5, 5.41) is 20.2. The maximum absolute atomic E-state index is 10.1. The number of fused-ring (bicyclic) bond motifs is 1. The van der Waals surface area contributed by atoms with E-state index in [0.717, 1.165) is 52.7 Å². The van der Waals surface area contributed by atoms with Crippen LogP contribution in [-0.4, -0.2) is 45.8 Å². The van der Waals surface area contributed by atoms with Gasteiger partial charge in [0.15, 0.2) is 6.10 Å². The molecule has 0 spiro atoms. The molecule has 3 heterocycles. The van der Waals surface area contributed by atoms with Gasteiger partial charge in [-0.1, -0.05) is 19.1 Å². The van der Waals surface area contributed by atoms with Crippen LogP contribution < -0.4 is 9.47 Å². The van der Waals surface area contributed by atoms with E-state index in [2.05, 4.69) is 18.7 Å². The van der Waals surface area contributed by atoms with Crippen molar-refractivity contribution in [3.05, 3.63) is 77.6 Å². The molecule has 182 valence electrons. The molecule has 35 heavy (non-hydrogen) atoms. The van der Waals surface area contributed by atoms with E-state index in [1.807, 2.05) is 31.2 Å². The van der Waals surface area contributed by atoms with Crippen molar-refractivity contribution in [2.24, 2.45) is 5.92 Å². The number of ether oxygens (including phenoxy) is 2. The van der Waals surface area contributed by atoms with Crippen LogP contribution in [0.2, 0.25) is 0 Å². The van der Waals surface area contributed by atoms with Gasteiger partial charge in [-0.15, -0.1) is 0 Å². The summed E-state index contributed by atoms with van der Waals surface area (Å²) in [7, 11) is 0. The number of pyridine rings is 1. The Morgan fingerprint density at radius 2 is 1.94 bits per heavy atom. The Balaban J connectivity index is 1.41. The van der Waals surface area contributed by atoms with Crippen molar-refractivity contribution in [3.63, 3.8) is 0 Å². The summed E-state index contributed by atoms with van der Waals surface area (Å²) in [5.41, 5.74) is 4.28. The standard InChI is InChI=1S/C29H32N2O4/c1-18-11-12-31(16-18)19(2)17-34-24-8-9-26(30-15-24)29-28(21-5-4-6-22(32)13-21)20(3)25-14-23(33)7-10-27(25)35-29/h4-10,13-15,18-19,29,32-33H,11-12,16-17H2,1-3H3. The number of nitrogens with zero attached hydrogens (tertiary/aromatic N) is 2. The normalized spacial score (nSPS) is 20.9. The van der Waals surface area contributed by atoms with Gasteiger partial charge in [0.2, 0.25) is 0 Å². The van der Waals surface area contributed by atoms with Crippen LogP contribution in [0.5, 0.6) is 23.0 Å². The van der Waals surface area contributed by atoms with Crippen LogP contribution in [-0.2, 0) is 0 Å². The number of benzene rings is 2. The zero-order valence-electron chi connectivity index (χ0n) is 20.4. The zero-order valence-corrected chi connectivity index (χ0v) is 20.4. The van der Waals surface area contributed by atoms with E-state index in [1.54, 1.807) is 36.5 Å². The van der Waals surface area contributed by atoms with Crippen LogP contribution in [0.25, 0.3) is 11.1 Å². The molecule has 0 amide bonds. The van der Waals surface area contributed by atoms with E-state index in [4.69, 9.17) is 14.5 Å². The largest absolute Gasteiger partial charge is 0.508 e. The molecule has 1 saturated heterocycles. The number of hydrogen-bond acceptors (Lipinski definition) is 6. The minimum atomic E-state index is -0.465. The predicted octanol–water partition coefficient (Wildman–Crippen LogP) is 5.67. The van der Waals surface area contributed by atoms with Crippen molar-refractivity contribution >= 4 is 11.1 Å². The summed E-state index contributed by atoms with van der Waals surface area (Å²) < 4.78 is 12.5. The SMILES string of the molecule is CC1=C(c2cccc(O)c2)C(c2ccc(OCC(C)N3CCC(C)C3)cn2)Oc2ccc(O)cc21. The van der Waals surface area contributed by atoms with Gasteiger partial charge in [0.25, 0.3) is 0 Å². The first-order valence-electron chi connectivity index (χ1n) is 12.2. The van der Waals surface area contributed by atoms with Crippen molar-refractivity contribution in [3.8, 4) is 23.0 Å². The summed E-state index contributed by atoms with van der Waals surface area (Å²) in [4.78, 5) is 7.18. The monoisotopic (exact) mass is 472 g/mol. The second-order valence-corrected chi connectivity index (χ2v) is 9.73. The average Bonchev–Trinajstić information content (AvgIpc) is 3.29. The van der Waals surface area contributed by atoms with Gasteiger partial charge in [0, 0.05) is 23.7 Å². The van der Waals surface area contributed by atoms with Crippen LogP contribution >= 0.6 is 0 Å². The van der Waals surface area contributed by atoms with Crippen LogP contribution in [0.1, 0.15) is 50.1 Å². The first-order chi connectivity index (χ1) is 16.9. The van der Waals surface area contributed by atoms with Crippen LogP contribution in [0.3, 0.4) is 0 Å². The molecule has 1 fully saturated rings. The third-order valence-corrected chi connectivity index (χ3v) is 7.03. The average molecular weight is 473 g/mol. The highest BCUT2D eigenvalue weighted by atomic mass is 16.5. The molecule has 1 aromatic heterocycles. The third-order valence-electron chi connectivity index (χ3n) is 7.03. The fourth-order valence-electron chi connectivity index (χ4n) is 5.01. The Kier molecular flexibility index (Phi) is 6.39. The molecule has 3 unspecified atom stereocenters. The van der Waals surface area contributed by atoms with Crippen molar-refractivity contribution < 1.29 is 19.7 Å². The van der Waals surface area contributed by atoms with Crippen molar-refractivity contribution in [2.45, 2.75) is 39.3 Å². The van der Waals surface area contributed by atoms with Crippen molar-refractivity contribution in [1.82, 2.24) is 9.88 Å². The molecule has 5 rings (SSSR count). The van der Waals surface area contributed by atoms with E-state index in [1.165, 1.54) is 6.42 Å².